The molecule has 0 fully saturated rings. The van der Waals surface area contributed by atoms with E-state index in [0.29, 0.717) is 0 Å². The Labute approximate surface area is 68.5 Å². The van der Waals surface area contributed by atoms with E-state index in [1.165, 1.54) is 6.92 Å². The topological polar surface area (TPSA) is 92.4 Å². The van der Waals surface area contributed by atoms with Gasteiger partial charge in [-0.3, -0.25) is 9.59 Å². The number of hydrogen-bond acceptors (Lipinski definition) is 4. The van der Waals surface area contributed by atoms with Gasteiger partial charge in [-0.25, -0.2) is 0 Å². The van der Waals surface area contributed by atoms with Crippen molar-refractivity contribution in [2.75, 3.05) is 5.75 Å². The molecule has 0 saturated heterocycles. The normalized spacial score (nSPS) is 12.2. The SMILES string of the molecule is CC(=O)NSCC(N)C(=O)O. The number of hydrogen-bond donors (Lipinski definition) is 3. The monoisotopic (exact) mass is 178 g/mol. The molecule has 0 aliphatic heterocycles. The van der Waals surface area contributed by atoms with Gasteiger partial charge in [0, 0.05) is 12.7 Å². The van der Waals surface area contributed by atoms with Gasteiger partial charge in [-0.1, -0.05) is 0 Å². The van der Waals surface area contributed by atoms with Crippen molar-refractivity contribution in [1.82, 2.24) is 4.72 Å². The van der Waals surface area contributed by atoms with Crippen LogP contribution in [0.1, 0.15) is 6.92 Å². The molecule has 0 saturated carbocycles. The van der Waals surface area contributed by atoms with Crippen LogP contribution >= 0.6 is 11.9 Å². The lowest BCUT2D eigenvalue weighted by molar-refractivity contribution is -0.138. The third kappa shape index (κ3) is 5.68. The zero-order valence-electron chi connectivity index (χ0n) is 6.03. The van der Waals surface area contributed by atoms with Gasteiger partial charge < -0.3 is 15.6 Å². The fourth-order valence-corrected chi connectivity index (χ4v) is 0.913. The maximum atomic E-state index is 10.3. The Hall–Kier alpha value is -0.750. The number of carbonyl (C=O) groups is 2. The molecule has 0 aromatic rings. The van der Waals surface area contributed by atoms with Gasteiger partial charge >= 0.3 is 5.97 Å². The first-order valence-corrected chi connectivity index (χ1v) is 3.89. The maximum Gasteiger partial charge on any atom is 0.321 e. The molecule has 0 aromatic carbocycles. The van der Waals surface area contributed by atoms with Crippen molar-refractivity contribution in [3.8, 4) is 0 Å². The Morgan fingerprint density at radius 2 is 2.27 bits per heavy atom. The number of carbonyl (C=O) groups excluding carboxylic acids is 1. The highest BCUT2D eigenvalue weighted by Gasteiger charge is 2.10. The highest BCUT2D eigenvalue weighted by molar-refractivity contribution is 7.98. The number of aliphatic carboxylic acids is 1. The van der Waals surface area contributed by atoms with Gasteiger partial charge in [0.25, 0.3) is 0 Å². The second-order valence-corrected chi connectivity index (χ2v) is 2.74. The van der Waals surface area contributed by atoms with Crippen LogP contribution in [-0.4, -0.2) is 28.8 Å². The van der Waals surface area contributed by atoms with Crippen LogP contribution in [0.2, 0.25) is 0 Å². The molecule has 1 atom stereocenters. The van der Waals surface area contributed by atoms with Crippen molar-refractivity contribution in [2.45, 2.75) is 13.0 Å². The van der Waals surface area contributed by atoms with Gasteiger partial charge in [0.2, 0.25) is 5.91 Å². The van der Waals surface area contributed by atoms with Crippen LogP contribution in [0.3, 0.4) is 0 Å². The van der Waals surface area contributed by atoms with E-state index < -0.39 is 12.0 Å². The van der Waals surface area contributed by atoms with E-state index >= 15 is 0 Å². The van der Waals surface area contributed by atoms with Crippen LogP contribution in [0.5, 0.6) is 0 Å². The summed E-state index contributed by atoms with van der Waals surface area (Å²) in [6, 6.07) is -0.924. The van der Waals surface area contributed by atoms with Gasteiger partial charge in [-0.15, -0.1) is 0 Å². The van der Waals surface area contributed by atoms with Crippen LogP contribution in [0.25, 0.3) is 0 Å². The molecular formula is C5H10N2O3S. The highest BCUT2D eigenvalue weighted by Crippen LogP contribution is 1.95. The average Bonchev–Trinajstić information content (AvgIpc) is 1.86. The van der Waals surface area contributed by atoms with E-state index in [1.54, 1.807) is 0 Å². The van der Waals surface area contributed by atoms with Crippen LogP contribution in [0.4, 0.5) is 0 Å². The minimum Gasteiger partial charge on any atom is -0.480 e. The van der Waals surface area contributed by atoms with Gasteiger partial charge in [0.15, 0.2) is 0 Å². The number of nitrogens with one attached hydrogen (secondary N) is 1. The molecule has 5 nitrogen and oxygen atoms in total. The summed E-state index contributed by atoms with van der Waals surface area (Å²) in [5, 5.41) is 8.30. The summed E-state index contributed by atoms with van der Waals surface area (Å²) in [7, 11) is 0. The lowest BCUT2D eigenvalue weighted by Crippen LogP contribution is -2.33. The number of carboxylic acid groups (broad SMARTS) is 1. The maximum absolute atomic E-state index is 10.3. The summed E-state index contributed by atoms with van der Waals surface area (Å²) in [4.78, 5) is 20.4. The molecule has 1 unspecified atom stereocenters. The van der Waals surface area contributed by atoms with Crippen LogP contribution in [-0.2, 0) is 9.59 Å². The first-order chi connectivity index (χ1) is 5.04. The van der Waals surface area contributed by atoms with Gasteiger partial charge in [0.1, 0.15) is 6.04 Å². The molecule has 4 N–H and O–H groups in total. The molecule has 1 amide bonds. The first kappa shape index (κ1) is 10.2. The van der Waals surface area contributed by atoms with Crippen LogP contribution in [0.15, 0.2) is 0 Å². The highest BCUT2D eigenvalue weighted by atomic mass is 32.2. The van der Waals surface area contributed by atoms with Crippen LogP contribution < -0.4 is 10.5 Å². The quantitative estimate of drug-likeness (QED) is 0.489. The predicted octanol–water partition coefficient (Wildman–Crippen LogP) is -0.817. The number of amides is 1. The van der Waals surface area contributed by atoms with Crippen molar-refractivity contribution in [1.29, 1.82) is 0 Å². The Kier molecular flexibility index (Phi) is 4.64. The Balaban J connectivity index is 3.39. The lowest BCUT2D eigenvalue weighted by atomic mass is 10.4. The molecule has 0 bridgehead atoms. The molecule has 11 heavy (non-hydrogen) atoms. The lowest BCUT2D eigenvalue weighted by Gasteiger charge is -2.04. The third-order valence-corrected chi connectivity index (χ3v) is 1.75. The van der Waals surface area contributed by atoms with Gasteiger partial charge in [-0.2, -0.15) is 0 Å². The molecule has 0 radical (unpaired) electrons. The smallest absolute Gasteiger partial charge is 0.321 e. The Bertz CT molecular complexity index is 162. The second-order valence-electron chi connectivity index (χ2n) is 1.91. The fraction of sp³-hybridized carbons (Fsp3) is 0.600. The van der Waals surface area contributed by atoms with Crippen molar-refractivity contribution in [3.05, 3.63) is 0 Å². The van der Waals surface area contributed by atoms with Crippen molar-refractivity contribution in [3.63, 3.8) is 0 Å². The summed E-state index contributed by atoms with van der Waals surface area (Å²) in [5.74, 6) is -1.11. The van der Waals surface area contributed by atoms with Gasteiger partial charge in [0.05, 0.1) is 0 Å². The summed E-state index contributed by atoms with van der Waals surface area (Å²) in [6.07, 6.45) is 0. The predicted molar refractivity (Wildman–Crippen MR) is 41.9 cm³/mol. The van der Waals surface area contributed by atoms with Crippen LogP contribution in [0, 0.1) is 0 Å². The molecule has 0 heterocycles. The van der Waals surface area contributed by atoms with E-state index in [2.05, 4.69) is 4.72 Å². The Morgan fingerprint density at radius 1 is 1.73 bits per heavy atom. The first-order valence-electron chi connectivity index (χ1n) is 2.90. The summed E-state index contributed by atoms with van der Waals surface area (Å²) in [6.45, 7) is 1.35. The average molecular weight is 178 g/mol. The Morgan fingerprint density at radius 3 is 2.64 bits per heavy atom. The van der Waals surface area contributed by atoms with E-state index in [0.717, 1.165) is 11.9 Å². The molecule has 0 aromatic heterocycles. The largest absolute Gasteiger partial charge is 0.480 e. The zero-order chi connectivity index (χ0) is 8.85. The number of carboxylic acids is 1. The van der Waals surface area contributed by atoms with E-state index in [1.807, 2.05) is 0 Å². The zero-order valence-corrected chi connectivity index (χ0v) is 6.85. The van der Waals surface area contributed by atoms with E-state index in [4.69, 9.17) is 10.8 Å². The van der Waals surface area contributed by atoms with Crippen molar-refractivity contribution in [2.24, 2.45) is 5.73 Å². The van der Waals surface area contributed by atoms with Crippen molar-refractivity contribution < 1.29 is 14.7 Å². The molecule has 0 aliphatic carbocycles. The van der Waals surface area contributed by atoms with Crippen molar-refractivity contribution >= 4 is 23.8 Å². The number of rotatable bonds is 4. The molecule has 0 aliphatic rings. The van der Waals surface area contributed by atoms with E-state index in [-0.39, 0.29) is 11.7 Å². The summed E-state index contributed by atoms with van der Waals surface area (Å²) < 4.78 is 2.37. The van der Waals surface area contributed by atoms with E-state index in [9.17, 15) is 9.59 Å². The molecule has 0 spiro atoms. The standard InChI is InChI=1S/C5H10N2O3S/c1-3(8)7-11-2-4(6)5(9)10/h4H,2,6H2,1H3,(H,7,8)(H,9,10). The third-order valence-electron chi connectivity index (χ3n) is 0.796. The number of nitrogens with two attached hydrogens (primary N) is 1. The summed E-state index contributed by atoms with van der Waals surface area (Å²) in [5.41, 5.74) is 5.13. The minimum absolute atomic E-state index is 0.176. The summed E-state index contributed by atoms with van der Waals surface area (Å²) >= 11 is 0.992. The molecule has 6 heteroatoms. The van der Waals surface area contributed by atoms with Gasteiger partial charge in [-0.05, 0) is 11.9 Å². The molecule has 0 rings (SSSR count). The second kappa shape index (κ2) is 4.97. The minimum atomic E-state index is -1.07. The fourth-order valence-electron chi connectivity index (χ4n) is 0.304. The molecule has 64 valence electrons. The molecular weight excluding hydrogens is 168 g/mol.